The van der Waals surface area contributed by atoms with Crippen LogP contribution < -0.4 is 19.5 Å². The van der Waals surface area contributed by atoms with E-state index in [1.165, 1.54) is 24.3 Å². The summed E-state index contributed by atoms with van der Waals surface area (Å²) in [6.07, 6.45) is 0. The van der Waals surface area contributed by atoms with Gasteiger partial charge in [0.25, 0.3) is 15.9 Å². The van der Waals surface area contributed by atoms with E-state index in [4.69, 9.17) is 32.7 Å². The zero-order valence-corrected chi connectivity index (χ0v) is 21.0. The number of hydrogen-bond donors (Lipinski definition) is 2. The molecule has 0 saturated carbocycles. The number of benzene rings is 4. The molecule has 7 nitrogen and oxygen atoms in total. The Balaban J connectivity index is 1.36. The third kappa shape index (κ3) is 6.91. The molecule has 184 valence electrons. The fourth-order valence-corrected chi connectivity index (χ4v) is 4.44. The second kappa shape index (κ2) is 11.3. The predicted molar refractivity (Wildman–Crippen MR) is 141 cm³/mol. The summed E-state index contributed by atoms with van der Waals surface area (Å²) in [7, 11) is -3.80. The van der Waals surface area contributed by atoms with Crippen molar-refractivity contribution in [3.8, 4) is 17.2 Å². The summed E-state index contributed by atoms with van der Waals surface area (Å²) in [5, 5.41) is 3.65. The second-order valence-corrected chi connectivity index (χ2v) is 10.0. The molecule has 0 atom stereocenters. The Kier molecular flexibility index (Phi) is 8.00. The highest BCUT2D eigenvalue weighted by molar-refractivity contribution is 7.92. The second-order valence-electron chi connectivity index (χ2n) is 7.48. The molecule has 0 heterocycles. The van der Waals surface area contributed by atoms with Crippen molar-refractivity contribution in [3.05, 3.63) is 107 Å². The minimum atomic E-state index is -3.80. The van der Waals surface area contributed by atoms with E-state index >= 15 is 0 Å². The number of rotatable bonds is 9. The lowest BCUT2D eigenvalue weighted by Crippen LogP contribution is -2.20. The first-order chi connectivity index (χ1) is 17.3. The fourth-order valence-electron chi connectivity index (χ4n) is 3.09. The number of amides is 1. The molecule has 0 bridgehead atoms. The SMILES string of the molecule is O=C(COc1ccc(S(=O)(=O)Nc2ccc(Cl)cc2)cc1)Nc1cc(Cl)ccc1Oc1ccccc1. The molecule has 4 aromatic rings. The summed E-state index contributed by atoms with van der Waals surface area (Å²) in [6.45, 7) is -0.313. The first kappa shape index (κ1) is 25.4. The first-order valence-corrected chi connectivity index (χ1v) is 12.9. The average molecular weight is 543 g/mol. The standard InChI is InChI=1S/C26H20Cl2N2O5S/c27-18-6-9-20(10-7-18)30-36(32,33)23-13-11-21(12-14-23)34-17-26(31)29-24-16-19(28)8-15-25(24)35-22-4-2-1-3-5-22/h1-16,30H,17H2,(H,29,31). The molecule has 4 aromatic carbocycles. The summed E-state index contributed by atoms with van der Waals surface area (Å²) in [6, 6.07) is 26.0. The normalized spacial score (nSPS) is 10.9. The molecule has 36 heavy (non-hydrogen) atoms. The van der Waals surface area contributed by atoms with Crippen LogP contribution in [0.5, 0.6) is 17.2 Å². The van der Waals surface area contributed by atoms with Gasteiger partial charge in [0.2, 0.25) is 0 Å². The van der Waals surface area contributed by atoms with Crippen LogP contribution >= 0.6 is 23.2 Å². The van der Waals surface area contributed by atoms with Crippen molar-refractivity contribution in [3.63, 3.8) is 0 Å². The van der Waals surface area contributed by atoms with E-state index in [-0.39, 0.29) is 11.5 Å². The van der Waals surface area contributed by atoms with Gasteiger partial charge in [0.1, 0.15) is 11.5 Å². The topological polar surface area (TPSA) is 93.7 Å². The van der Waals surface area contributed by atoms with Gasteiger partial charge in [-0.1, -0.05) is 41.4 Å². The van der Waals surface area contributed by atoms with Gasteiger partial charge in [0.05, 0.1) is 10.6 Å². The molecule has 0 unspecified atom stereocenters. The van der Waals surface area contributed by atoms with Crippen molar-refractivity contribution in [2.45, 2.75) is 4.90 Å². The smallest absolute Gasteiger partial charge is 0.262 e. The molecule has 0 aromatic heterocycles. The van der Waals surface area contributed by atoms with Crippen LogP contribution in [0.4, 0.5) is 11.4 Å². The van der Waals surface area contributed by atoms with Crippen LogP contribution in [0.1, 0.15) is 0 Å². The molecular formula is C26H20Cl2N2O5S. The summed E-state index contributed by atoms with van der Waals surface area (Å²) in [5.74, 6) is 0.896. The Morgan fingerprint density at radius 3 is 2.14 bits per heavy atom. The van der Waals surface area contributed by atoms with Gasteiger partial charge in [0.15, 0.2) is 12.4 Å². The lowest BCUT2D eigenvalue weighted by Gasteiger charge is -2.13. The number of carbonyl (C=O) groups is 1. The summed E-state index contributed by atoms with van der Waals surface area (Å²) in [5.41, 5.74) is 0.766. The number of ether oxygens (including phenoxy) is 2. The maximum absolute atomic E-state index is 12.6. The minimum absolute atomic E-state index is 0.0379. The molecule has 0 saturated heterocycles. The summed E-state index contributed by atoms with van der Waals surface area (Å²) >= 11 is 11.9. The van der Waals surface area contributed by atoms with Gasteiger partial charge < -0.3 is 14.8 Å². The van der Waals surface area contributed by atoms with E-state index in [2.05, 4.69) is 10.0 Å². The molecule has 0 fully saturated rings. The highest BCUT2D eigenvalue weighted by Crippen LogP contribution is 2.32. The Morgan fingerprint density at radius 2 is 1.44 bits per heavy atom. The maximum atomic E-state index is 12.6. The number of hydrogen-bond acceptors (Lipinski definition) is 5. The number of nitrogens with one attached hydrogen (secondary N) is 2. The molecule has 0 aliphatic carbocycles. The Morgan fingerprint density at radius 1 is 0.778 bits per heavy atom. The third-order valence-corrected chi connectivity index (χ3v) is 6.67. The molecule has 0 aliphatic rings. The minimum Gasteiger partial charge on any atom is -0.484 e. The number of carbonyl (C=O) groups excluding carboxylic acids is 1. The van der Waals surface area contributed by atoms with Gasteiger partial charge in [-0.05, 0) is 78.9 Å². The van der Waals surface area contributed by atoms with Crippen molar-refractivity contribution < 1.29 is 22.7 Å². The molecule has 10 heteroatoms. The van der Waals surface area contributed by atoms with E-state index in [9.17, 15) is 13.2 Å². The number of para-hydroxylation sites is 1. The maximum Gasteiger partial charge on any atom is 0.262 e. The molecule has 2 N–H and O–H groups in total. The first-order valence-electron chi connectivity index (χ1n) is 10.6. The third-order valence-electron chi connectivity index (χ3n) is 4.79. The summed E-state index contributed by atoms with van der Waals surface area (Å²) in [4.78, 5) is 12.5. The average Bonchev–Trinajstić information content (AvgIpc) is 2.87. The Labute approximate surface area is 218 Å². The lowest BCUT2D eigenvalue weighted by atomic mass is 10.2. The molecule has 0 radical (unpaired) electrons. The van der Waals surface area contributed by atoms with Crippen LogP contribution in [0.2, 0.25) is 10.0 Å². The largest absolute Gasteiger partial charge is 0.484 e. The molecule has 4 rings (SSSR count). The van der Waals surface area contributed by atoms with Crippen LogP contribution in [-0.2, 0) is 14.8 Å². The van der Waals surface area contributed by atoms with Crippen LogP contribution in [0.15, 0.2) is 102 Å². The van der Waals surface area contributed by atoms with E-state index in [0.717, 1.165) is 0 Å². The van der Waals surface area contributed by atoms with Crippen LogP contribution in [0, 0.1) is 0 Å². The van der Waals surface area contributed by atoms with Gasteiger partial charge >= 0.3 is 0 Å². The van der Waals surface area contributed by atoms with Crippen LogP contribution in [0.25, 0.3) is 0 Å². The predicted octanol–water partition coefficient (Wildman–Crippen LogP) is 6.60. The number of anilines is 2. The van der Waals surface area contributed by atoms with Gasteiger partial charge in [-0.3, -0.25) is 9.52 Å². The van der Waals surface area contributed by atoms with Crippen LogP contribution in [-0.4, -0.2) is 20.9 Å². The quantitative estimate of drug-likeness (QED) is 0.248. The Hall–Kier alpha value is -3.72. The fraction of sp³-hybridized carbons (Fsp3) is 0.0385. The van der Waals surface area contributed by atoms with Gasteiger partial charge in [-0.15, -0.1) is 0 Å². The molecular weight excluding hydrogens is 523 g/mol. The van der Waals surface area contributed by atoms with Gasteiger partial charge in [-0.2, -0.15) is 0 Å². The van der Waals surface area contributed by atoms with E-state index in [1.54, 1.807) is 54.6 Å². The molecule has 0 aliphatic heterocycles. The Bertz CT molecular complexity index is 1450. The zero-order chi connectivity index (χ0) is 25.5. The van der Waals surface area contributed by atoms with Crippen molar-refractivity contribution in [2.75, 3.05) is 16.6 Å². The van der Waals surface area contributed by atoms with Crippen LogP contribution in [0.3, 0.4) is 0 Å². The van der Waals surface area contributed by atoms with Crippen molar-refractivity contribution in [1.29, 1.82) is 0 Å². The van der Waals surface area contributed by atoms with Crippen molar-refractivity contribution >= 4 is 50.5 Å². The van der Waals surface area contributed by atoms with E-state index in [1.807, 2.05) is 18.2 Å². The monoisotopic (exact) mass is 542 g/mol. The van der Waals surface area contributed by atoms with Gasteiger partial charge in [0, 0.05) is 15.7 Å². The van der Waals surface area contributed by atoms with Gasteiger partial charge in [-0.25, -0.2) is 8.42 Å². The van der Waals surface area contributed by atoms with Crippen molar-refractivity contribution in [1.82, 2.24) is 0 Å². The van der Waals surface area contributed by atoms with E-state index in [0.29, 0.717) is 38.7 Å². The summed E-state index contributed by atoms with van der Waals surface area (Å²) < 4.78 is 39.0. The lowest BCUT2D eigenvalue weighted by molar-refractivity contribution is -0.118. The zero-order valence-electron chi connectivity index (χ0n) is 18.7. The van der Waals surface area contributed by atoms with E-state index < -0.39 is 15.9 Å². The highest BCUT2D eigenvalue weighted by atomic mass is 35.5. The highest BCUT2D eigenvalue weighted by Gasteiger charge is 2.15. The number of halogens is 2. The molecule has 0 spiro atoms. The van der Waals surface area contributed by atoms with Crippen molar-refractivity contribution in [2.24, 2.45) is 0 Å². The molecule has 1 amide bonds. The number of sulfonamides is 1.